The molecule has 40 heavy (non-hydrogen) atoms. The van der Waals surface area contributed by atoms with Crippen molar-refractivity contribution < 1.29 is 28.6 Å². The topological polar surface area (TPSA) is 151 Å². The lowest BCUT2D eigenvalue weighted by Crippen LogP contribution is -2.33. The van der Waals surface area contributed by atoms with E-state index in [-0.39, 0.29) is 31.3 Å². The Morgan fingerprint density at radius 3 is 2.42 bits per heavy atom. The van der Waals surface area contributed by atoms with Crippen LogP contribution in [0, 0.1) is 0 Å². The molecule has 12 nitrogen and oxygen atoms in total. The van der Waals surface area contributed by atoms with Gasteiger partial charge in [0, 0.05) is 30.9 Å². The number of imidazole rings is 1. The van der Waals surface area contributed by atoms with E-state index < -0.39 is 12.1 Å². The largest absolute Gasteiger partial charge is 0.486 e. The number of aryl methyl sites for hydroxylation is 1. The molecule has 0 bridgehead atoms. The van der Waals surface area contributed by atoms with Gasteiger partial charge in [-0.15, -0.1) is 0 Å². The van der Waals surface area contributed by atoms with Crippen molar-refractivity contribution >= 4 is 40.7 Å². The normalized spacial score (nSPS) is 11.2. The minimum Gasteiger partial charge on any atom is -0.486 e. The van der Waals surface area contributed by atoms with E-state index >= 15 is 0 Å². The van der Waals surface area contributed by atoms with Crippen LogP contribution in [0.5, 0.6) is 5.75 Å². The van der Waals surface area contributed by atoms with Crippen LogP contribution in [-0.4, -0.2) is 59.1 Å². The summed E-state index contributed by atoms with van der Waals surface area (Å²) in [6.07, 6.45) is 0.827. The Labute approximate surface area is 230 Å². The second-order valence-electron chi connectivity index (χ2n) is 8.54. The van der Waals surface area contributed by atoms with E-state index in [0.29, 0.717) is 34.0 Å². The van der Waals surface area contributed by atoms with E-state index in [9.17, 15) is 14.4 Å². The van der Waals surface area contributed by atoms with Crippen molar-refractivity contribution in [1.29, 1.82) is 0 Å². The number of esters is 1. The molecule has 12 heteroatoms. The molecule has 0 aliphatic heterocycles. The standard InChI is InChI=1S/C28H28N6O6/c1-33-22-12-9-19(27(36)34(15-13-25(35)38-2)23-6-4-5-14-30-23)16-21(22)31-24(33)17-40-20-10-7-18(8-11-20)26(29)32-28(37)39-3/h4-12,14,16H,13,15,17H2,1-3H3,(H2,29,32,37). The van der Waals surface area contributed by atoms with Crippen LogP contribution in [0.15, 0.2) is 71.9 Å². The Bertz CT molecular complexity index is 1550. The summed E-state index contributed by atoms with van der Waals surface area (Å²) in [5.74, 6) is 0.924. The number of hydrogen-bond donors (Lipinski definition) is 1. The summed E-state index contributed by atoms with van der Waals surface area (Å²) < 4.78 is 17.0. The molecule has 2 aromatic carbocycles. The predicted molar refractivity (Wildman–Crippen MR) is 147 cm³/mol. The maximum atomic E-state index is 13.5. The fourth-order valence-electron chi connectivity index (χ4n) is 3.88. The SMILES string of the molecule is COC(=O)CCN(C(=O)c1ccc2c(c1)nc(COc1ccc(/C(N)=N\C(=O)OC)cc1)n2C)c1ccccn1. The molecule has 0 aliphatic carbocycles. The van der Waals surface area contributed by atoms with Gasteiger partial charge >= 0.3 is 12.1 Å². The smallest absolute Gasteiger partial charge is 0.435 e. The minimum atomic E-state index is -0.782. The van der Waals surface area contributed by atoms with E-state index in [1.54, 1.807) is 60.8 Å². The zero-order valence-corrected chi connectivity index (χ0v) is 22.2. The Morgan fingerprint density at radius 2 is 1.75 bits per heavy atom. The lowest BCUT2D eigenvalue weighted by atomic mass is 10.1. The van der Waals surface area contributed by atoms with Gasteiger partial charge in [0.15, 0.2) is 0 Å². The number of anilines is 1. The summed E-state index contributed by atoms with van der Waals surface area (Å²) >= 11 is 0. The molecule has 206 valence electrons. The quantitative estimate of drug-likeness (QED) is 0.190. The van der Waals surface area contributed by atoms with Crippen molar-refractivity contribution in [3.05, 3.63) is 83.8 Å². The first-order valence-electron chi connectivity index (χ1n) is 12.2. The summed E-state index contributed by atoms with van der Waals surface area (Å²) in [6, 6.07) is 17.2. The monoisotopic (exact) mass is 544 g/mol. The Morgan fingerprint density at radius 1 is 1.00 bits per heavy atom. The predicted octanol–water partition coefficient (Wildman–Crippen LogP) is 3.23. The molecule has 4 rings (SSSR count). The average molecular weight is 545 g/mol. The molecule has 0 radical (unpaired) electrons. The molecule has 2 heterocycles. The van der Waals surface area contributed by atoms with Crippen LogP contribution in [0.1, 0.15) is 28.2 Å². The number of ether oxygens (including phenoxy) is 3. The minimum absolute atomic E-state index is 0.0256. The number of pyridine rings is 1. The van der Waals surface area contributed by atoms with Crippen LogP contribution >= 0.6 is 0 Å². The number of benzene rings is 2. The van der Waals surface area contributed by atoms with Crippen molar-refractivity contribution in [2.24, 2.45) is 17.8 Å². The van der Waals surface area contributed by atoms with Crippen molar-refractivity contribution in [3.63, 3.8) is 0 Å². The summed E-state index contributed by atoms with van der Waals surface area (Å²) in [5, 5.41) is 0. The molecule has 2 N–H and O–H groups in total. The van der Waals surface area contributed by atoms with Gasteiger partial charge in [-0.05, 0) is 54.6 Å². The molecule has 0 spiro atoms. The number of carbonyl (C=O) groups excluding carboxylic acids is 3. The van der Waals surface area contributed by atoms with Crippen molar-refractivity contribution in [3.8, 4) is 5.75 Å². The maximum Gasteiger partial charge on any atom is 0.435 e. The van der Waals surface area contributed by atoms with E-state index in [4.69, 9.17) is 15.2 Å². The fraction of sp³-hybridized carbons (Fsp3) is 0.214. The third-order valence-corrected chi connectivity index (χ3v) is 6.06. The highest BCUT2D eigenvalue weighted by molar-refractivity contribution is 6.07. The first-order valence-corrected chi connectivity index (χ1v) is 12.2. The van der Waals surface area contributed by atoms with E-state index in [1.807, 2.05) is 17.7 Å². The third-order valence-electron chi connectivity index (χ3n) is 6.06. The molecule has 4 aromatic rings. The van der Waals surface area contributed by atoms with E-state index in [2.05, 4.69) is 19.7 Å². The fourth-order valence-corrected chi connectivity index (χ4v) is 3.88. The Kier molecular flexibility index (Phi) is 8.69. The molecule has 0 unspecified atom stereocenters. The van der Waals surface area contributed by atoms with Gasteiger partial charge in [0.2, 0.25) is 0 Å². The number of nitrogens with zero attached hydrogens (tertiary/aromatic N) is 5. The number of hydrogen-bond acceptors (Lipinski definition) is 8. The van der Waals surface area contributed by atoms with Crippen LogP contribution in [0.4, 0.5) is 10.6 Å². The van der Waals surface area contributed by atoms with Crippen molar-refractivity contribution in [2.45, 2.75) is 13.0 Å². The van der Waals surface area contributed by atoms with Gasteiger partial charge < -0.3 is 24.5 Å². The highest BCUT2D eigenvalue weighted by Gasteiger charge is 2.21. The number of rotatable bonds is 9. The number of aliphatic imine (C=N–C) groups is 1. The van der Waals surface area contributed by atoms with Crippen LogP contribution in [-0.2, 0) is 27.9 Å². The molecule has 0 fully saturated rings. The highest BCUT2D eigenvalue weighted by Crippen LogP contribution is 2.22. The summed E-state index contributed by atoms with van der Waals surface area (Å²) in [5.41, 5.74) is 8.19. The zero-order valence-electron chi connectivity index (χ0n) is 22.2. The second kappa shape index (κ2) is 12.5. The molecule has 0 saturated carbocycles. The van der Waals surface area contributed by atoms with Crippen LogP contribution in [0.3, 0.4) is 0 Å². The van der Waals surface area contributed by atoms with Gasteiger partial charge in [-0.2, -0.15) is 4.99 Å². The van der Waals surface area contributed by atoms with Crippen LogP contribution < -0.4 is 15.4 Å². The molecule has 0 saturated heterocycles. The number of fused-ring (bicyclic) bond motifs is 1. The number of methoxy groups -OCH3 is 2. The lowest BCUT2D eigenvalue weighted by molar-refractivity contribution is -0.140. The molecule has 0 atom stereocenters. The Balaban J connectivity index is 1.51. The lowest BCUT2D eigenvalue weighted by Gasteiger charge is -2.21. The van der Waals surface area contributed by atoms with Gasteiger partial charge in [0.05, 0.1) is 31.7 Å². The molecule has 2 amide bonds. The number of amidine groups is 1. The number of aromatic nitrogens is 3. The van der Waals surface area contributed by atoms with E-state index in [1.165, 1.54) is 19.1 Å². The summed E-state index contributed by atoms with van der Waals surface area (Å²) in [4.78, 5) is 50.5. The number of carbonyl (C=O) groups is 3. The van der Waals surface area contributed by atoms with E-state index in [0.717, 1.165) is 5.52 Å². The van der Waals surface area contributed by atoms with Gasteiger partial charge in [-0.25, -0.2) is 14.8 Å². The Hall–Kier alpha value is -5.26. The van der Waals surface area contributed by atoms with Crippen LogP contribution in [0.2, 0.25) is 0 Å². The maximum absolute atomic E-state index is 13.5. The highest BCUT2D eigenvalue weighted by atomic mass is 16.5. The molecule has 0 aliphatic rings. The molecule has 2 aromatic heterocycles. The summed E-state index contributed by atoms with van der Waals surface area (Å²) in [6.45, 7) is 0.277. The van der Waals surface area contributed by atoms with Gasteiger partial charge in [-0.1, -0.05) is 6.07 Å². The molecular formula is C28H28N6O6. The van der Waals surface area contributed by atoms with Crippen molar-refractivity contribution in [2.75, 3.05) is 25.7 Å². The first-order chi connectivity index (χ1) is 19.3. The van der Waals surface area contributed by atoms with Gasteiger partial charge in [0.1, 0.15) is 29.8 Å². The van der Waals surface area contributed by atoms with Crippen LogP contribution in [0.25, 0.3) is 11.0 Å². The van der Waals surface area contributed by atoms with Gasteiger partial charge in [-0.3, -0.25) is 14.5 Å². The summed E-state index contributed by atoms with van der Waals surface area (Å²) in [7, 11) is 4.39. The number of nitrogens with two attached hydrogens (primary N) is 1. The molecular weight excluding hydrogens is 516 g/mol. The van der Waals surface area contributed by atoms with Crippen molar-refractivity contribution in [1.82, 2.24) is 14.5 Å². The number of amides is 2. The average Bonchev–Trinajstić information content (AvgIpc) is 3.30. The van der Waals surface area contributed by atoms with Gasteiger partial charge in [0.25, 0.3) is 5.91 Å². The first kappa shape index (κ1) is 27.8. The second-order valence-corrected chi connectivity index (χ2v) is 8.54. The zero-order chi connectivity index (χ0) is 28.6. The third kappa shape index (κ3) is 6.41.